The summed E-state index contributed by atoms with van der Waals surface area (Å²) in [7, 11) is -3.55. The van der Waals surface area contributed by atoms with Crippen LogP contribution in [0.4, 0.5) is 5.82 Å². The number of aromatic nitrogens is 2. The van der Waals surface area contributed by atoms with Crippen molar-refractivity contribution in [1.29, 1.82) is 5.26 Å². The number of sulfone groups is 1. The second-order valence-corrected chi connectivity index (χ2v) is 8.79. The number of aryl methyl sites for hydroxylation is 1. The average molecular weight is 395 g/mol. The zero-order chi connectivity index (χ0) is 20.1. The lowest BCUT2D eigenvalue weighted by Crippen LogP contribution is -2.41. The standard InChI is InChI=1S/C20H21N5O2S/c1-16-5-7-19(8-6-16)28(26,27)15-17-9-12-25(18(13-21)14-22)23-20(17)24-10-3-2-4-11-24/h5-9,12H,2-4,10-11,15H2,1H3. The number of anilines is 1. The SMILES string of the molecule is Cc1ccc(S(=O)(=O)Cc2cc[n+](C(=C=[N-])C#N)nc2N2CCCCC2)cc1. The van der Waals surface area contributed by atoms with E-state index < -0.39 is 9.84 Å². The molecule has 0 unspecified atom stereocenters. The van der Waals surface area contributed by atoms with Gasteiger partial charge in [-0.3, -0.25) is 0 Å². The molecule has 28 heavy (non-hydrogen) atoms. The van der Waals surface area contributed by atoms with Crippen LogP contribution in [0.5, 0.6) is 0 Å². The first-order valence-electron chi connectivity index (χ1n) is 9.08. The van der Waals surface area contributed by atoms with Gasteiger partial charge < -0.3 is 10.3 Å². The van der Waals surface area contributed by atoms with Crippen LogP contribution in [0.2, 0.25) is 0 Å². The predicted molar refractivity (Wildman–Crippen MR) is 106 cm³/mol. The van der Waals surface area contributed by atoms with Crippen molar-refractivity contribution in [2.24, 2.45) is 0 Å². The van der Waals surface area contributed by atoms with Crippen LogP contribution in [0, 0.1) is 18.3 Å². The quantitative estimate of drug-likeness (QED) is 0.439. The minimum absolute atomic E-state index is 0.161. The third-order valence-electron chi connectivity index (χ3n) is 4.73. The van der Waals surface area contributed by atoms with Crippen LogP contribution >= 0.6 is 0 Å². The predicted octanol–water partition coefficient (Wildman–Crippen LogP) is 2.25. The van der Waals surface area contributed by atoms with Crippen molar-refractivity contribution >= 4 is 27.2 Å². The molecule has 0 bridgehead atoms. The lowest BCUT2D eigenvalue weighted by molar-refractivity contribution is -0.640. The van der Waals surface area contributed by atoms with Crippen molar-refractivity contribution < 1.29 is 13.1 Å². The Hall–Kier alpha value is -3.01. The fourth-order valence-electron chi connectivity index (χ4n) is 3.21. The molecule has 144 valence electrons. The minimum Gasteiger partial charge on any atom is -0.757 e. The molecule has 1 fully saturated rings. The zero-order valence-corrected chi connectivity index (χ0v) is 16.5. The van der Waals surface area contributed by atoms with E-state index in [1.165, 1.54) is 10.9 Å². The lowest BCUT2D eigenvalue weighted by atomic mass is 10.1. The van der Waals surface area contributed by atoms with E-state index in [2.05, 4.69) is 5.10 Å². The van der Waals surface area contributed by atoms with E-state index in [4.69, 9.17) is 10.7 Å². The first-order chi connectivity index (χ1) is 13.4. The number of rotatable bonds is 5. The van der Waals surface area contributed by atoms with Crippen LogP contribution in [-0.2, 0) is 15.6 Å². The molecule has 0 spiro atoms. The van der Waals surface area contributed by atoms with Crippen LogP contribution in [-0.4, -0.2) is 32.5 Å². The van der Waals surface area contributed by atoms with Crippen molar-refractivity contribution in [3.63, 3.8) is 0 Å². The normalized spacial score (nSPS) is 14.2. The summed E-state index contributed by atoms with van der Waals surface area (Å²) < 4.78 is 27.0. The summed E-state index contributed by atoms with van der Waals surface area (Å²) in [5.74, 6) is 2.14. The Morgan fingerprint density at radius 1 is 1.21 bits per heavy atom. The van der Waals surface area contributed by atoms with Crippen LogP contribution in [0.25, 0.3) is 11.1 Å². The Kier molecular flexibility index (Phi) is 5.88. The molecule has 0 aliphatic carbocycles. The summed E-state index contributed by atoms with van der Waals surface area (Å²) in [6, 6.07) is 10.2. The molecule has 8 heteroatoms. The highest BCUT2D eigenvalue weighted by Crippen LogP contribution is 2.25. The number of allylic oxidation sites excluding steroid dienone is 1. The summed E-state index contributed by atoms with van der Waals surface area (Å²) in [6.45, 7) is 3.44. The summed E-state index contributed by atoms with van der Waals surface area (Å²) >= 11 is 0. The van der Waals surface area contributed by atoms with Crippen molar-refractivity contribution in [1.82, 2.24) is 5.10 Å². The molecule has 1 saturated heterocycles. The van der Waals surface area contributed by atoms with Gasteiger partial charge in [-0.15, -0.1) is 0 Å². The monoisotopic (exact) mass is 395 g/mol. The van der Waals surface area contributed by atoms with E-state index in [9.17, 15) is 8.42 Å². The molecule has 0 radical (unpaired) electrons. The Labute approximate surface area is 165 Å². The van der Waals surface area contributed by atoms with Gasteiger partial charge in [0.2, 0.25) is 12.0 Å². The molecule has 2 aromatic rings. The maximum atomic E-state index is 12.9. The molecular weight excluding hydrogens is 374 g/mol. The van der Waals surface area contributed by atoms with Crippen LogP contribution < -0.4 is 9.58 Å². The number of piperidine rings is 1. The van der Waals surface area contributed by atoms with Gasteiger partial charge >= 0.3 is 5.70 Å². The van der Waals surface area contributed by atoms with Crippen molar-refractivity contribution in [3.8, 4) is 6.07 Å². The Bertz CT molecular complexity index is 1060. The van der Waals surface area contributed by atoms with Crippen molar-refractivity contribution in [3.05, 3.63) is 53.1 Å². The number of nitrogens with zero attached hydrogens (tertiary/aromatic N) is 5. The largest absolute Gasteiger partial charge is 0.757 e. The number of benzene rings is 1. The van der Waals surface area contributed by atoms with E-state index in [1.54, 1.807) is 30.3 Å². The second-order valence-electron chi connectivity index (χ2n) is 6.80. The zero-order valence-electron chi connectivity index (χ0n) is 15.7. The molecule has 0 amide bonds. The molecule has 1 aliphatic heterocycles. The van der Waals surface area contributed by atoms with Crippen molar-refractivity contribution in [2.45, 2.75) is 36.8 Å². The Morgan fingerprint density at radius 3 is 2.50 bits per heavy atom. The topological polar surface area (TPSA) is 100 Å². The summed E-state index contributed by atoms with van der Waals surface area (Å²) in [5, 5.41) is 22.7. The lowest BCUT2D eigenvalue weighted by Gasteiger charge is -2.27. The maximum absolute atomic E-state index is 12.9. The summed E-state index contributed by atoms with van der Waals surface area (Å²) in [5.41, 5.74) is 1.40. The van der Waals surface area contributed by atoms with Gasteiger partial charge in [0.1, 0.15) is 0 Å². The third kappa shape index (κ3) is 4.28. The molecule has 0 saturated carbocycles. The van der Waals surface area contributed by atoms with Gasteiger partial charge in [0.05, 0.1) is 10.6 Å². The average Bonchev–Trinajstić information content (AvgIpc) is 2.70. The third-order valence-corrected chi connectivity index (χ3v) is 6.41. The number of nitriles is 1. The fourth-order valence-corrected chi connectivity index (χ4v) is 4.56. The van der Waals surface area contributed by atoms with E-state index in [0.717, 1.165) is 37.9 Å². The number of hydrogen-bond donors (Lipinski definition) is 0. The molecule has 0 atom stereocenters. The first-order valence-corrected chi connectivity index (χ1v) is 10.7. The Morgan fingerprint density at radius 2 is 1.89 bits per heavy atom. The number of hydrogen-bond acceptors (Lipinski definition) is 5. The van der Waals surface area contributed by atoms with Gasteiger partial charge in [-0.05, 0) is 43.0 Å². The minimum atomic E-state index is -3.55. The van der Waals surface area contributed by atoms with Gasteiger partial charge in [-0.25, -0.2) is 8.42 Å². The molecular formula is C20H21N5O2S. The smallest absolute Gasteiger partial charge is 0.335 e. The van der Waals surface area contributed by atoms with Gasteiger partial charge in [-0.1, -0.05) is 17.7 Å². The van der Waals surface area contributed by atoms with Gasteiger partial charge in [-0.2, -0.15) is 11.1 Å². The molecule has 1 aliphatic rings. The van der Waals surface area contributed by atoms with Gasteiger partial charge in [0.15, 0.2) is 15.9 Å². The molecule has 1 aromatic carbocycles. The van der Waals surface area contributed by atoms with Crippen LogP contribution in [0.1, 0.15) is 30.4 Å². The fraction of sp³-hybridized carbons (Fsp3) is 0.350. The molecule has 7 nitrogen and oxygen atoms in total. The molecule has 1 aromatic heterocycles. The van der Waals surface area contributed by atoms with E-state index >= 15 is 0 Å². The van der Waals surface area contributed by atoms with Crippen molar-refractivity contribution in [2.75, 3.05) is 18.0 Å². The highest BCUT2D eigenvalue weighted by atomic mass is 32.2. The van der Waals surface area contributed by atoms with Gasteiger partial charge in [0.25, 0.3) is 0 Å². The van der Waals surface area contributed by atoms with Crippen LogP contribution in [0.3, 0.4) is 0 Å². The van der Waals surface area contributed by atoms with E-state index in [0.29, 0.717) is 11.4 Å². The highest BCUT2D eigenvalue weighted by molar-refractivity contribution is 7.90. The molecule has 3 rings (SSSR count). The summed E-state index contributed by atoms with van der Waals surface area (Å²) in [4.78, 5) is 2.30. The maximum Gasteiger partial charge on any atom is 0.335 e. The summed E-state index contributed by atoms with van der Waals surface area (Å²) in [6.07, 6.45) is 4.57. The Balaban J connectivity index is 2.02. The van der Waals surface area contributed by atoms with Crippen LogP contribution in [0.15, 0.2) is 41.4 Å². The second kappa shape index (κ2) is 8.34. The van der Waals surface area contributed by atoms with Gasteiger partial charge in [0, 0.05) is 29.8 Å². The van der Waals surface area contributed by atoms with E-state index in [-0.39, 0.29) is 16.3 Å². The van der Waals surface area contributed by atoms with E-state index in [1.807, 2.05) is 23.8 Å². The highest BCUT2D eigenvalue weighted by Gasteiger charge is 2.25. The molecule has 2 heterocycles. The first kappa shape index (κ1) is 19.7. The molecule has 0 N–H and O–H groups in total.